The van der Waals surface area contributed by atoms with Gasteiger partial charge in [-0.05, 0) is 11.1 Å². The van der Waals surface area contributed by atoms with Crippen molar-refractivity contribution in [3.8, 4) is 0 Å². The molecule has 0 aliphatic carbocycles. The number of hydrogen-bond donors (Lipinski definition) is 4. The van der Waals surface area contributed by atoms with E-state index in [1.165, 1.54) is 0 Å². The third kappa shape index (κ3) is 3.31. The molecule has 8 nitrogen and oxygen atoms in total. The SMILES string of the molecule is Nc1n[nH]c(C(=O)NCc2ccccc2CC(=O)O)n1. The maximum absolute atomic E-state index is 11.7. The second-order valence-corrected chi connectivity index (χ2v) is 4.06. The number of nitrogens with one attached hydrogen (secondary N) is 2. The van der Waals surface area contributed by atoms with Crippen molar-refractivity contribution in [3.63, 3.8) is 0 Å². The maximum Gasteiger partial charge on any atom is 0.307 e. The molecule has 2 rings (SSSR count). The van der Waals surface area contributed by atoms with Gasteiger partial charge in [-0.2, -0.15) is 4.98 Å². The summed E-state index contributed by atoms with van der Waals surface area (Å²) in [4.78, 5) is 26.2. The summed E-state index contributed by atoms with van der Waals surface area (Å²) < 4.78 is 0. The van der Waals surface area contributed by atoms with Crippen LogP contribution in [-0.4, -0.2) is 32.2 Å². The van der Waals surface area contributed by atoms with Gasteiger partial charge in [-0.1, -0.05) is 24.3 Å². The zero-order valence-corrected chi connectivity index (χ0v) is 10.5. The Hall–Kier alpha value is -2.90. The number of anilines is 1. The van der Waals surface area contributed by atoms with E-state index in [4.69, 9.17) is 10.8 Å². The second-order valence-electron chi connectivity index (χ2n) is 4.06. The van der Waals surface area contributed by atoms with E-state index in [0.717, 1.165) is 5.56 Å². The number of aliphatic carboxylic acids is 1. The molecule has 20 heavy (non-hydrogen) atoms. The maximum atomic E-state index is 11.7. The van der Waals surface area contributed by atoms with Gasteiger partial charge in [0.1, 0.15) is 0 Å². The number of amides is 1. The average molecular weight is 275 g/mol. The lowest BCUT2D eigenvalue weighted by Crippen LogP contribution is -2.24. The Kier molecular flexibility index (Phi) is 3.94. The summed E-state index contributed by atoms with van der Waals surface area (Å²) in [6.07, 6.45) is -0.0959. The molecule has 0 atom stereocenters. The fourth-order valence-electron chi connectivity index (χ4n) is 1.70. The summed E-state index contributed by atoms with van der Waals surface area (Å²) in [5, 5.41) is 17.4. The molecular weight excluding hydrogens is 262 g/mol. The van der Waals surface area contributed by atoms with Gasteiger partial charge in [0, 0.05) is 6.54 Å². The minimum atomic E-state index is -0.924. The lowest BCUT2D eigenvalue weighted by Gasteiger charge is -2.08. The molecule has 1 amide bonds. The first kappa shape index (κ1) is 13.5. The van der Waals surface area contributed by atoms with Crippen molar-refractivity contribution in [1.82, 2.24) is 20.5 Å². The normalized spacial score (nSPS) is 10.2. The van der Waals surface area contributed by atoms with Gasteiger partial charge in [-0.25, -0.2) is 0 Å². The highest BCUT2D eigenvalue weighted by Crippen LogP contribution is 2.09. The number of benzene rings is 1. The molecule has 0 radical (unpaired) electrons. The smallest absolute Gasteiger partial charge is 0.307 e. The molecule has 0 saturated heterocycles. The summed E-state index contributed by atoms with van der Waals surface area (Å²) in [7, 11) is 0. The van der Waals surface area contributed by atoms with Crippen molar-refractivity contribution in [2.45, 2.75) is 13.0 Å². The highest BCUT2D eigenvalue weighted by atomic mass is 16.4. The molecular formula is C12H13N5O3. The highest BCUT2D eigenvalue weighted by molar-refractivity contribution is 5.90. The summed E-state index contributed by atoms with van der Waals surface area (Å²) >= 11 is 0. The van der Waals surface area contributed by atoms with Crippen LogP contribution in [0, 0.1) is 0 Å². The Morgan fingerprint density at radius 2 is 2.00 bits per heavy atom. The van der Waals surface area contributed by atoms with Gasteiger partial charge in [0.05, 0.1) is 6.42 Å². The molecule has 0 spiro atoms. The second kappa shape index (κ2) is 5.83. The predicted octanol–water partition coefficient (Wildman–Crippen LogP) is -0.0560. The van der Waals surface area contributed by atoms with Crippen molar-refractivity contribution in [2.75, 3.05) is 5.73 Å². The van der Waals surface area contributed by atoms with Gasteiger partial charge in [0.15, 0.2) is 0 Å². The van der Waals surface area contributed by atoms with Crippen molar-refractivity contribution < 1.29 is 14.7 Å². The number of nitrogens with two attached hydrogens (primary N) is 1. The van der Waals surface area contributed by atoms with Gasteiger partial charge in [-0.3, -0.25) is 14.7 Å². The number of aromatic amines is 1. The Morgan fingerprint density at radius 3 is 2.60 bits per heavy atom. The van der Waals surface area contributed by atoms with Crippen LogP contribution < -0.4 is 11.1 Å². The molecule has 0 aliphatic rings. The fourth-order valence-corrected chi connectivity index (χ4v) is 1.70. The Bertz CT molecular complexity index is 638. The number of carboxylic acid groups (broad SMARTS) is 1. The first-order chi connectivity index (χ1) is 9.56. The van der Waals surface area contributed by atoms with Gasteiger partial charge < -0.3 is 16.2 Å². The number of aromatic nitrogens is 3. The van der Waals surface area contributed by atoms with Crippen LogP contribution in [0.1, 0.15) is 21.7 Å². The van der Waals surface area contributed by atoms with Crippen LogP contribution in [0.15, 0.2) is 24.3 Å². The van der Waals surface area contributed by atoms with Crippen LogP contribution >= 0.6 is 0 Å². The molecule has 0 unspecified atom stereocenters. The molecule has 8 heteroatoms. The third-order valence-electron chi connectivity index (χ3n) is 2.62. The zero-order chi connectivity index (χ0) is 14.5. The van der Waals surface area contributed by atoms with E-state index in [-0.39, 0.29) is 24.7 Å². The number of nitrogen functional groups attached to an aromatic ring is 1. The number of carbonyl (C=O) groups is 2. The van der Waals surface area contributed by atoms with E-state index < -0.39 is 11.9 Å². The van der Waals surface area contributed by atoms with E-state index in [0.29, 0.717) is 5.56 Å². The van der Waals surface area contributed by atoms with Gasteiger partial charge >= 0.3 is 5.97 Å². The quantitative estimate of drug-likeness (QED) is 0.604. The van der Waals surface area contributed by atoms with Crippen LogP contribution in [0.25, 0.3) is 0 Å². The topological polar surface area (TPSA) is 134 Å². The first-order valence-corrected chi connectivity index (χ1v) is 5.81. The summed E-state index contributed by atoms with van der Waals surface area (Å²) in [6.45, 7) is 0.197. The number of carboxylic acids is 1. The lowest BCUT2D eigenvalue weighted by molar-refractivity contribution is -0.136. The van der Waals surface area contributed by atoms with E-state index in [1.807, 2.05) is 0 Å². The molecule has 0 aliphatic heterocycles. The summed E-state index contributed by atoms with van der Waals surface area (Å²) in [5.41, 5.74) is 6.69. The molecule has 0 fully saturated rings. The molecule has 2 aromatic rings. The minimum Gasteiger partial charge on any atom is -0.481 e. The van der Waals surface area contributed by atoms with Crippen LogP contribution in [0.5, 0.6) is 0 Å². The number of hydrogen-bond acceptors (Lipinski definition) is 5. The van der Waals surface area contributed by atoms with Gasteiger partial charge in [-0.15, -0.1) is 5.10 Å². The van der Waals surface area contributed by atoms with Crippen LogP contribution in [0.4, 0.5) is 5.95 Å². The highest BCUT2D eigenvalue weighted by Gasteiger charge is 2.12. The lowest BCUT2D eigenvalue weighted by atomic mass is 10.0. The van der Waals surface area contributed by atoms with Crippen molar-refractivity contribution in [2.24, 2.45) is 0 Å². The van der Waals surface area contributed by atoms with E-state index >= 15 is 0 Å². The molecule has 5 N–H and O–H groups in total. The first-order valence-electron chi connectivity index (χ1n) is 5.81. The Morgan fingerprint density at radius 1 is 1.30 bits per heavy atom. The number of rotatable bonds is 5. The number of H-pyrrole nitrogens is 1. The van der Waals surface area contributed by atoms with E-state index in [9.17, 15) is 9.59 Å². The molecule has 0 bridgehead atoms. The molecule has 1 heterocycles. The monoisotopic (exact) mass is 275 g/mol. The molecule has 104 valence electrons. The van der Waals surface area contributed by atoms with Gasteiger partial charge in [0.2, 0.25) is 11.8 Å². The van der Waals surface area contributed by atoms with Crippen molar-refractivity contribution in [1.29, 1.82) is 0 Å². The fraction of sp³-hybridized carbons (Fsp3) is 0.167. The van der Waals surface area contributed by atoms with E-state index in [2.05, 4.69) is 20.5 Å². The summed E-state index contributed by atoms with van der Waals surface area (Å²) in [5.74, 6) is -1.38. The largest absolute Gasteiger partial charge is 0.481 e. The Balaban J connectivity index is 2.03. The minimum absolute atomic E-state index is 0.0122. The van der Waals surface area contributed by atoms with Crippen LogP contribution in [-0.2, 0) is 17.8 Å². The number of carbonyl (C=O) groups excluding carboxylic acids is 1. The van der Waals surface area contributed by atoms with Crippen molar-refractivity contribution >= 4 is 17.8 Å². The summed E-state index contributed by atoms with van der Waals surface area (Å²) in [6, 6.07) is 7.00. The van der Waals surface area contributed by atoms with Crippen molar-refractivity contribution in [3.05, 3.63) is 41.2 Å². The number of nitrogens with zero attached hydrogens (tertiary/aromatic N) is 2. The van der Waals surface area contributed by atoms with E-state index in [1.54, 1.807) is 24.3 Å². The zero-order valence-electron chi connectivity index (χ0n) is 10.5. The average Bonchev–Trinajstić information content (AvgIpc) is 2.83. The molecule has 1 aromatic heterocycles. The third-order valence-corrected chi connectivity index (χ3v) is 2.62. The predicted molar refractivity (Wildman–Crippen MR) is 69.7 cm³/mol. The van der Waals surface area contributed by atoms with Crippen LogP contribution in [0.2, 0.25) is 0 Å². The Labute approximate surface area is 114 Å². The standard InChI is InChI=1S/C12H13N5O3/c13-12-15-10(16-17-12)11(20)14-6-8-4-2-1-3-7(8)5-9(18)19/h1-4H,5-6H2,(H,14,20)(H,18,19)(H3,13,15,16,17). The molecule has 1 aromatic carbocycles. The molecule has 0 saturated carbocycles. The van der Waals surface area contributed by atoms with Gasteiger partial charge in [0.25, 0.3) is 5.91 Å². The van der Waals surface area contributed by atoms with Crippen LogP contribution in [0.3, 0.4) is 0 Å².